The number of carbonyl (C=O) groups is 2. The number of methoxy groups -OCH3 is 1. The number of nitrogens with one attached hydrogen (secondary N) is 1. The van der Waals surface area contributed by atoms with Crippen molar-refractivity contribution in [1.82, 2.24) is 4.90 Å². The van der Waals surface area contributed by atoms with Crippen LogP contribution < -0.4 is 14.8 Å². The number of rotatable bonds is 7. The third kappa shape index (κ3) is 4.95. The van der Waals surface area contributed by atoms with Crippen molar-refractivity contribution in [2.24, 2.45) is 0 Å². The molecule has 2 aromatic rings. The van der Waals surface area contributed by atoms with Crippen LogP contribution in [0, 0.1) is 0 Å². The summed E-state index contributed by atoms with van der Waals surface area (Å²) >= 11 is 1.43. The van der Waals surface area contributed by atoms with Crippen molar-refractivity contribution in [3.63, 3.8) is 0 Å². The quantitative estimate of drug-likeness (QED) is 0.792. The van der Waals surface area contributed by atoms with E-state index in [1.807, 2.05) is 48.5 Å². The van der Waals surface area contributed by atoms with Crippen LogP contribution in [0.4, 0.5) is 5.69 Å². The predicted octanol–water partition coefficient (Wildman–Crippen LogP) is 3.04. The van der Waals surface area contributed by atoms with E-state index in [2.05, 4.69) is 5.32 Å². The Balaban J connectivity index is 1.47. The van der Waals surface area contributed by atoms with Gasteiger partial charge in [-0.15, -0.1) is 11.8 Å². The Hall–Kier alpha value is -2.67. The van der Waals surface area contributed by atoms with Crippen molar-refractivity contribution >= 4 is 29.3 Å². The van der Waals surface area contributed by atoms with E-state index in [9.17, 15) is 9.59 Å². The molecule has 27 heavy (non-hydrogen) atoms. The number of para-hydroxylation sites is 1. The minimum absolute atomic E-state index is 0.0830. The van der Waals surface area contributed by atoms with Crippen molar-refractivity contribution in [2.75, 3.05) is 32.6 Å². The van der Waals surface area contributed by atoms with Crippen LogP contribution in [-0.2, 0) is 9.59 Å². The highest BCUT2D eigenvalue weighted by molar-refractivity contribution is 8.01. The van der Waals surface area contributed by atoms with E-state index in [0.29, 0.717) is 13.2 Å². The Morgan fingerprint density at radius 1 is 1.15 bits per heavy atom. The summed E-state index contributed by atoms with van der Waals surface area (Å²) < 4.78 is 10.8. The van der Waals surface area contributed by atoms with Crippen LogP contribution in [0.25, 0.3) is 0 Å². The van der Waals surface area contributed by atoms with Crippen LogP contribution in [0.2, 0.25) is 0 Å². The molecule has 2 aromatic carbocycles. The van der Waals surface area contributed by atoms with Crippen molar-refractivity contribution in [1.29, 1.82) is 0 Å². The highest BCUT2D eigenvalue weighted by Crippen LogP contribution is 2.36. The van der Waals surface area contributed by atoms with Crippen LogP contribution in [0.1, 0.15) is 6.42 Å². The Morgan fingerprint density at radius 2 is 1.85 bits per heavy atom. The summed E-state index contributed by atoms with van der Waals surface area (Å²) in [5.41, 5.74) is 0.803. The molecule has 6 nitrogen and oxygen atoms in total. The SMILES string of the molecule is COc1ccc(OCCN(C)C(=O)C[C@H]2Sc3ccccc3NC2=O)cc1. The molecule has 0 bridgehead atoms. The summed E-state index contributed by atoms with van der Waals surface area (Å²) in [5.74, 6) is 1.27. The van der Waals surface area contributed by atoms with Crippen molar-refractivity contribution in [3.05, 3.63) is 48.5 Å². The fraction of sp³-hybridized carbons (Fsp3) is 0.300. The monoisotopic (exact) mass is 386 g/mol. The van der Waals surface area contributed by atoms with Gasteiger partial charge in [-0.25, -0.2) is 0 Å². The lowest BCUT2D eigenvalue weighted by Gasteiger charge is -2.25. The molecular formula is C20H22N2O4S. The fourth-order valence-electron chi connectivity index (χ4n) is 2.64. The van der Waals surface area contributed by atoms with Crippen LogP contribution in [-0.4, -0.2) is 49.3 Å². The number of benzene rings is 2. The van der Waals surface area contributed by atoms with Gasteiger partial charge in [-0.05, 0) is 36.4 Å². The molecule has 1 N–H and O–H groups in total. The third-order valence-electron chi connectivity index (χ3n) is 4.25. The lowest BCUT2D eigenvalue weighted by molar-refractivity contribution is -0.131. The van der Waals surface area contributed by atoms with E-state index in [1.54, 1.807) is 19.1 Å². The first-order valence-electron chi connectivity index (χ1n) is 8.64. The second kappa shape index (κ2) is 8.81. The smallest absolute Gasteiger partial charge is 0.238 e. The van der Waals surface area contributed by atoms with E-state index in [4.69, 9.17) is 9.47 Å². The van der Waals surface area contributed by atoms with Gasteiger partial charge in [0, 0.05) is 18.4 Å². The number of amides is 2. The van der Waals surface area contributed by atoms with Crippen LogP contribution in [0.3, 0.4) is 0 Å². The number of hydrogen-bond donors (Lipinski definition) is 1. The topological polar surface area (TPSA) is 67.9 Å². The second-order valence-corrected chi connectivity index (χ2v) is 7.38. The summed E-state index contributed by atoms with van der Waals surface area (Å²) in [6.07, 6.45) is 0.157. The molecule has 2 amide bonds. The first-order valence-corrected chi connectivity index (χ1v) is 9.52. The zero-order valence-electron chi connectivity index (χ0n) is 15.3. The summed E-state index contributed by atoms with van der Waals surface area (Å²) in [5, 5.41) is 2.44. The maximum absolute atomic E-state index is 12.5. The molecule has 0 aromatic heterocycles. The van der Waals surface area contributed by atoms with E-state index in [0.717, 1.165) is 22.1 Å². The second-order valence-electron chi connectivity index (χ2n) is 6.14. The first-order chi connectivity index (χ1) is 13.1. The maximum Gasteiger partial charge on any atom is 0.238 e. The number of thioether (sulfide) groups is 1. The standard InChI is InChI=1S/C20H22N2O4S/c1-22(11-12-26-15-9-7-14(25-2)8-10-15)19(23)13-18-20(24)21-16-5-3-4-6-17(16)27-18/h3-10,18H,11-13H2,1-2H3,(H,21,24)/t18-/m1/s1. The molecule has 3 rings (SSSR count). The zero-order chi connectivity index (χ0) is 19.2. The molecular weight excluding hydrogens is 364 g/mol. The molecule has 7 heteroatoms. The molecule has 0 aliphatic carbocycles. The Labute approximate surface area is 162 Å². The minimum atomic E-state index is -0.419. The Kier molecular flexibility index (Phi) is 6.24. The largest absolute Gasteiger partial charge is 0.497 e. The summed E-state index contributed by atoms with van der Waals surface area (Å²) in [6.45, 7) is 0.821. The van der Waals surface area contributed by atoms with Gasteiger partial charge in [0.2, 0.25) is 11.8 Å². The van der Waals surface area contributed by atoms with E-state index in [-0.39, 0.29) is 18.2 Å². The number of ether oxygens (including phenoxy) is 2. The molecule has 1 aliphatic rings. The van der Waals surface area contributed by atoms with Gasteiger partial charge in [-0.3, -0.25) is 9.59 Å². The molecule has 142 valence electrons. The van der Waals surface area contributed by atoms with Gasteiger partial charge in [0.05, 0.1) is 24.6 Å². The molecule has 0 spiro atoms. The summed E-state index contributed by atoms with van der Waals surface area (Å²) in [4.78, 5) is 27.3. The van der Waals surface area contributed by atoms with Crippen molar-refractivity contribution < 1.29 is 19.1 Å². The molecule has 0 saturated carbocycles. The highest BCUT2D eigenvalue weighted by atomic mass is 32.2. The van der Waals surface area contributed by atoms with Gasteiger partial charge in [-0.1, -0.05) is 12.1 Å². The first kappa shape index (κ1) is 19.1. The predicted molar refractivity (Wildman–Crippen MR) is 105 cm³/mol. The van der Waals surface area contributed by atoms with E-state index >= 15 is 0 Å². The molecule has 1 aliphatic heterocycles. The number of fused-ring (bicyclic) bond motifs is 1. The maximum atomic E-state index is 12.5. The molecule has 1 atom stereocenters. The van der Waals surface area contributed by atoms with Gasteiger partial charge in [0.25, 0.3) is 0 Å². The van der Waals surface area contributed by atoms with Crippen molar-refractivity contribution in [3.8, 4) is 11.5 Å². The number of likely N-dealkylation sites (N-methyl/N-ethyl adjacent to an activating group) is 1. The molecule has 1 heterocycles. The van der Waals surface area contributed by atoms with Gasteiger partial charge in [0.15, 0.2) is 0 Å². The number of anilines is 1. The molecule has 0 radical (unpaired) electrons. The lowest BCUT2D eigenvalue weighted by atomic mass is 10.2. The number of carbonyl (C=O) groups excluding carboxylic acids is 2. The fourth-order valence-corrected chi connectivity index (χ4v) is 3.74. The van der Waals surface area contributed by atoms with E-state index in [1.165, 1.54) is 11.8 Å². The molecule has 0 saturated heterocycles. The van der Waals surface area contributed by atoms with Crippen LogP contribution in [0.5, 0.6) is 11.5 Å². The zero-order valence-corrected chi connectivity index (χ0v) is 16.1. The molecule has 0 unspecified atom stereocenters. The normalized spacial score (nSPS) is 15.5. The van der Waals surface area contributed by atoms with Gasteiger partial charge in [-0.2, -0.15) is 0 Å². The van der Waals surface area contributed by atoms with Gasteiger partial charge >= 0.3 is 0 Å². The average molecular weight is 386 g/mol. The van der Waals surface area contributed by atoms with Gasteiger partial charge in [0.1, 0.15) is 18.1 Å². The number of hydrogen-bond acceptors (Lipinski definition) is 5. The van der Waals surface area contributed by atoms with Crippen LogP contribution in [0.15, 0.2) is 53.4 Å². The average Bonchev–Trinajstić information content (AvgIpc) is 2.69. The highest BCUT2D eigenvalue weighted by Gasteiger charge is 2.29. The van der Waals surface area contributed by atoms with Crippen LogP contribution >= 0.6 is 11.8 Å². The van der Waals surface area contributed by atoms with Gasteiger partial charge < -0.3 is 19.7 Å². The van der Waals surface area contributed by atoms with Crippen molar-refractivity contribution in [2.45, 2.75) is 16.6 Å². The molecule has 0 fully saturated rings. The summed E-state index contributed by atoms with van der Waals surface area (Å²) in [6, 6.07) is 14.9. The van der Waals surface area contributed by atoms with E-state index < -0.39 is 5.25 Å². The Morgan fingerprint density at radius 3 is 2.59 bits per heavy atom. The number of nitrogens with zero attached hydrogens (tertiary/aromatic N) is 1. The lowest BCUT2D eigenvalue weighted by Crippen LogP contribution is -2.37. The Bertz CT molecular complexity index is 810. The third-order valence-corrected chi connectivity index (χ3v) is 5.52. The summed E-state index contributed by atoms with van der Waals surface area (Å²) in [7, 11) is 3.33. The minimum Gasteiger partial charge on any atom is -0.497 e.